The molecule has 0 atom stereocenters. The molecule has 0 N–H and O–H groups in total. The molecule has 0 aliphatic heterocycles. The largest absolute Gasteiger partial charge is 0.297 e. The monoisotopic (exact) mass is 391 g/mol. The fourth-order valence-corrected chi connectivity index (χ4v) is 3.96. The molecule has 30 heavy (non-hydrogen) atoms. The van der Waals surface area contributed by atoms with E-state index in [1.165, 1.54) is 22.3 Å². The van der Waals surface area contributed by atoms with Gasteiger partial charge in [0.1, 0.15) is 24.3 Å². The summed E-state index contributed by atoms with van der Waals surface area (Å²) in [6.07, 6.45) is 3.59. The second-order valence-electron chi connectivity index (χ2n) is 7.86. The number of imidazole rings is 2. The first-order valence-corrected chi connectivity index (χ1v) is 9.90. The van der Waals surface area contributed by atoms with Crippen LogP contribution < -0.4 is 0 Å². The third-order valence-corrected chi connectivity index (χ3v) is 5.98. The highest BCUT2D eigenvalue weighted by Gasteiger charge is 2.16. The van der Waals surface area contributed by atoms with Crippen LogP contribution in [0.2, 0.25) is 0 Å². The lowest BCUT2D eigenvalue weighted by Gasteiger charge is -2.13. The zero-order valence-electron chi connectivity index (χ0n) is 17.4. The van der Waals surface area contributed by atoms with Gasteiger partial charge in [0.15, 0.2) is 0 Å². The van der Waals surface area contributed by atoms with Crippen molar-refractivity contribution in [3.63, 3.8) is 0 Å². The summed E-state index contributed by atoms with van der Waals surface area (Å²) in [6, 6.07) is 16.8. The van der Waals surface area contributed by atoms with E-state index in [9.17, 15) is 5.26 Å². The molecule has 0 fully saturated rings. The first-order valence-electron chi connectivity index (χ1n) is 9.90. The van der Waals surface area contributed by atoms with Gasteiger partial charge in [0, 0.05) is 0 Å². The van der Waals surface area contributed by atoms with Gasteiger partial charge in [-0.1, -0.05) is 6.07 Å². The summed E-state index contributed by atoms with van der Waals surface area (Å²) >= 11 is 0. The number of nitrogens with zero attached hydrogens (tertiary/aromatic N) is 5. The molecule has 0 saturated carbocycles. The first-order chi connectivity index (χ1) is 14.5. The maximum Gasteiger partial charge on any atom is 0.104 e. The summed E-state index contributed by atoms with van der Waals surface area (Å²) in [6.45, 7) is 8.36. The van der Waals surface area contributed by atoms with Crippen molar-refractivity contribution in [2.75, 3.05) is 0 Å². The summed E-state index contributed by atoms with van der Waals surface area (Å²) in [4.78, 5) is 9.14. The molecule has 5 nitrogen and oxygen atoms in total. The van der Waals surface area contributed by atoms with E-state index in [-0.39, 0.29) is 0 Å². The van der Waals surface area contributed by atoms with E-state index in [4.69, 9.17) is 0 Å². The lowest BCUT2D eigenvalue weighted by atomic mass is 10.1. The highest BCUT2D eigenvalue weighted by molar-refractivity contribution is 5.82. The zero-order valence-corrected chi connectivity index (χ0v) is 17.4. The minimum absolute atomic E-state index is 0.590. The van der Waals surface area contributed by atoms with Crippen molar-refractivity contribution in [1.29, 1.82) is 5.26 Å². The van der Waals surface area contributed by atoms with Crippen LogP contribution in [0, 0.1) is 39.0 Å². The predicted molar refractivity (Wildman–Crippen MR) is 119 cm³/mol. The Kier molecular flexibility index (Phi) is 3.97. The van der Waals surface area contributed by atoms with Crippen LogP contribution in [0.1, 0.15) is 27.8 Å². The summed E-state index contributed by atoms with van der Waals surface area (Å²) < 4.78 is 4.00. The molecule has 146 valence electrons. The van der Waals surface area contributed by atoms with E-state index >= 15 is 0 Å². The maximum atomic E-state index is 10.1. The molecular weight excluding hydrogens is 370 g/mol. The van der Waals surface area contributed by atoms with Gasteiger partial charge in [-0.3, -0.25) is 9.13 Å². The number of benzene rings is 3. The predicted octanol–water partition coefficient (Wildman–Crippen LogP) is 5.47. The van der Waals surface area contributed by atoms with Crippen LogP contribution in [-0.4, -0.2) is 19.1 Å². The molecule has 0 spiro atoms. The van der Waals surface area contributed by atoms with E-state index in [0.29, 0.717) is 5.56 Å². The standard InChI is InChI=1S/C25H21N5/c1-15-8-20-24(10-17(15)3)29(13-27-20)22-6-5-7-23(19(22)12-26)30-14-28-21-9-16(2)18(4)11-25(21)30/h5-11,13-14H,1-4H3. The minimum Gasteiger partial charge on any atom is -0.297 e. The molecule has 0 amide bonds. The molecule has 0 unspecified atom stereocenters. The number of rotatable bonds is 2. The molecule has 0 radical (unpaired) electrons. The molecule has 2 aromatic heterocycles. The zero-order chi connectivity index (χ0) is 21.0. The molecule has 5 aromatic rings. The Morgan fingerprint density at radius 1 is 0.700 bits per heavy atom. The van der Waals surface area contributed by atoms with Crippen molar-refractivity contribution >= 4 is 22.1 Å². The summed E-state index contributed by atoms with van der Waals surface area (Å²) in [5, 5.41) is 10.1. The molecule has 5 heteroatoms. The molecule has 0 aliphatic rings. The van der Waals surface area contributed by atoms with Crippen molar-refractivity contribution in [2.24, 2.45) is 0 Å². The van der Waals surface area contributed by atoms with Crippen molar-refractivity contribution < 1.29 is 0 Å². The van der Waals surface area contributed by atoms with Gasteiger partial charge in [-0.25, -0.2) is 9.97 Å². The Morgan fingerprint density at radius 2 is 1.13 bits per heavy atom. The average molecular weight is 391 g/mol. The third kappa shape index (κ3) is 2.61. The highest BCUT2D eigenvalue weighted by Crippen LogP contribution is 2.29. The number of aryl methyl sites for hydroxylation is 4. The fraction of sp³-hybridized carbons (Fsp3) is 0.160. The van der Waals surface area contributed by atoms with Crippen molar-refractivity contribution in [2.45, 2.75) is 27.7 Å². The topological polar surface area (TPSA) is 59.4 Å². The van der Waals surface area contributed by atoms with Crippen molar-refractivity contribution in [3.8, 4) is 17.4 Å². The van der Waals surface area contributed by atoms with Crippen LogP contribution in [0.15, 0.2) is 55.1 Å². The van der Waals surface area contributed by atoms with Crippen LogP contribution in [0.4, 0.5) is 0 Å². The van der Waals surface area contributed by atoms with Gasteiger partial charge in [-0.05, 0) is 86.3 Å². The molecule has 5 rings (SSSR count). The highest BCUT2D eigenvalue weighted by atomic mass is 15.1. The summed E-state index contributed by atoms with van der Waals surface area (Å²) in [5.41, 5.74) is 10.9. The van der Waals surface area contributed by atoms with E-state index in [0.717, 1.165) is 33.4 Å². The van der Waals surface area contributed by atoms with Gasteiger partial charge < -0.3 is 0 Å². The number of aromatic nitrogens is 4. The van der Waals surface area contributed by atoms with Gasteiger partial charge in [-0.2, -0.15) is 5.26 Å². The van der Waals surface area contributed by atoms with Gasteiger partial charge in [-0.15, -0.1) is 0 Å². The van der Waals surface area contributed by atoms with Crippen LogP contribution in [0.3, 0.4) is 0 Å². The molecule has 0 bridgehead atoms. The fourth-order valence-electron chi connectivity index (χ4n) is 3.96. The van der Waals surface area contributed by atoms with Gasteiger partial charge in [0.05, 0.1) is 33.4 Å². The van der Waals surface area contributed by atoms with E-state index in [1.54, 1.807) is 12.7 Å². The Balaban J connectivity index is 1.77. The number of nitriles is 1. The number of fused-ring (bicyclic) bond motifs is 2. The lowest BCUT2D eigenvalue weighted by molar-refractivity contribution is 1.04. The second kappa shape index (κ2) is 6.57. The molecular formula is C25H21N5. The number of hydrogen-bond acceptors (Lipinski definition) is 3. The van der Waals surface area contributed by atoms with Gasteiger partial charge in [0.2, 0.25) is 0 Å². The molecule has 2 heterocycles. The van der Waals surface area contributed by atoms with E-state index < -0.39 is 0 Å². The Labute approximate surface area is 174 Å². The Morgan fingerprint density at radius 3 is 1.57 bits per heavy atom. The smallest absolute Gasteiger partial charge is 0.104 e. The van der Waals surface area contributed by atoms with Gasteiger partial charge in [0.25, 0.3) is 0 Å². The van der Waals surface area contributed by atoms with Crippen LogP contribution in [0.5, 0.6) is 0 Å². The second-order valence-corrected chi connectivity index (χ2v) is 7.86. The minimum atomic E-state index is 0.590. The summed E-state index contributed by atoms with van der Waals surface area (Å²) in [5.74, 6) is 0. The normalized spacial score (nSPS) is 11.3. The van der Waals surface area contributed by atoms with Crippen molar-refractivity contribution in [3.05, 3.63) is 82.9 Å². The first kappa shape index (κ1) is 18.1. The van der Waals surface area contributed by atoms with Crippen LogP contribution in [-0.2, 0) is 0 Å². The lowest BCUT2D eigenvalue weighted by Crippen LogP contribution is -2.03. The Bertz CT molecular complexity index is 1390. The quantitative estimate of drug-likeness (QED) is 0.401. The van der Waals surface area contributed by atoms with Crippen LogP contribution >= 0.6 is 0 Å². The van der Waals surface area contributed by atoms with Crippen LogP contribution in [0.25, 0.3) is 33.4 Å². The van der Waals surface area contributed by atoms with E-state index in [2.05, 4.69) is 68.0 Å². The molecule has 3 aromatic carbocycles. The van der Waals surface area contributed by atoms with Crippen molar-refractivity contribution in [1.82, 2.24) is 19.1 Å². The third-order valence-electron chi connectivity index (χ3n) is 5.98. The maximum absolute atomic E-state index is 10.1. The Hall–Kier alpha value is -3.91. The average Bonchev–Trinajstić information content (AvgIpc) is 3.32. The molecule has 0 aliphatic carbocycles. The molecule has 0 saturated heterocycles. The summed E-state index contributed by atoms with van der Waals surface area (Å²) in [7, 11) is 0. The van der Waals surface area contributed by atoms with E-state index in [1.807, 2.05) is 27.3 Å². The number of hydrogen-bond donors (Lipinski definition) is 0. The van der Waals surface area contributed by atoms with Gasteiger partial charge >= 0.3 is 0 Å². The SMILES string of the molecule is Cc1cc2ncn(-c3cccc(-n4cnc5cc(C)c(C)cc54)c3C#N)c2cc1C.